The lowest BCUT2D eigenvalue weighted by Crippen LogP contribution is -2.00. The van der Waals surface area contributed by atoms with Gasteiger partial charge in [-0.1, -0.05) is 15.9 Å². The Kier molecular flexibility index (Phi) is 4.33. The molecule has 6 heteroatoms. The van der Waals surface area contributed by atoms with Gasteiger partial charge in [0.1, 0.15) is 0 Å². The van der Waals surface area contributed by atoms with Gasteiger partial charge in [0.05, 0.1) is 16.6 Å². The Morgan fingerprint density at radius 3 is 2.55 bits per heavy atom. The minimum Gasteiger partial charge on any atom is -0.381 e. The molecule has 0 bridgehead atoms. The lowest BCUT2D eigenvalue weighted by atomic mass is 10.2. The summed E-state index contributed by atoms with van der Waals surface area (Å²) in [6.45, 7) is 0.464. The number of nitrogens with one attached hydrogen (secondary N) is 1. The summed E-state index contributed by atoms with van der Waals surface area (Å²) >= 11 is 3.26. The highest BCUT2D eigenvalue weighted by molar-refractivity contribution is 9.10. The Labute approximate surface area is 124 Å². The van der Waals surface area contributed by atoms with E-state index >= 15 is 0 Å². The van der Waals surface area contributed by atoms with Crippen LogP contribution in [0.1, 0.15) is 11.1 Å². The molecule has 0 unspecified atom stereocenters. The van der Waals surface area contributed by atoms with Gasteiger partial charge in [0.25, 0.3) is 5.69 Å². The van der Waals surface area contributed by atoms with Crippen molar-refractivity contribution in [2.45, 2.75) is 6.54 Å². The van der Waals surface area contributed by atoms with Crippen LogP contribution in [0.25, 0.3) is 0 Å². The predicted octanol–water partition coefficient (Wildman–Crippen LogP) is 3.84. The first-order chi connectivity index (χ1) is 9.58. The molecule has 0 saturated heterocycles. The summed E-state index contributed by atoms with van der Waals surface area (Å²) in [5, 5.41) is 22.6. The van der Waals surface area contributed by atoms with Crippen molar-refractivity contribution < 1.29 is 4.92 Å². The Morgan fingerprint density at radius 1 is 1.25 bits per heavy atom. The number of rotatable bonds is 4. The number of nitro benzene ring substituents is 1. The number of nitro groups is 1. The number of hydrogen-bond donors (Lipinski definition) is 1. The van der Waals surface area contributed by atoms with E-state index in [1.807, 2.05) is 12.1 Å². The van der Waals surface area contributed by atoms with E-state index in [1.54, 1.807) is 24.3 Å². The zero-order valence-corrected chi connectivity index (χ0v) is 11.9. The maximum absolute atomic E-state index is 10.8. The third kappa shape index (κ3) is 3.56. The van der Waals surface area contributed by atoms with Crippen LogP contribution >= 0.6 is 15.9 Å². The molecule has 0 saturated carbocycles. The second kappa shape index (κ2) is 6.17. The minimum absolute atomic E-state index is 0.0519. The Morgan fingerprint density at radius 2 is 1.95 bits per heavy atom. The van der Waals surface area contributed by atoms with Crippen LogP contribution in [0.5, 0.6) is 0 Å². The van der Waals surface area contributed by atoms with Crippen molar-refractivity contribution in [3.8, 4) is 6.07 Å². The maximum atomic E-state index is 10.8. The first-order valence-electron chi connectivity index (χ1n) is 5.76. The fourth-order valence-corrected chi connectivity index (χ4v) is 2.24. The molecule has 0 radical (unpaired) electrons. The van der Waals surface area contributed by atoms with E-state index in [0.717, 1.165) is 11.3 Å². The first-order valence-corrected chi connectivity index (χ1v) is 6.55. The predicted molar refractivity (Wildman–Crippen MR) is 79.3 cm³/mol. The SMILES string of the molecule is N#Cc1ccc(NCc2cc(Br)cc([N+](=O)[O-])c2)cc1. The van der Waals surface area contributed by atoms with Crippen molar-refractivity contribution in [3.63, 3.8) is 0 Å². The molecule has 1 N–H and O–H groups in total. The van der Waals surface area contributed by atoms with E-state index in [1.165, 1.54) is 12.1 Å². The third-order valence-corrected chi connectivity index (χ3v) is 3.12. The molecule has 100 valence electrons. The van der Waals surface area contributed by atoms with Gasteiger partial charge in [-0.05, 0) is 35.9 Å². The average molecular weight is 332 g/mol. The highest BCUT2D eigenvalue weighted by atomic mass is 79.9. The Hall–Kier alpha value is -2.39. The van der Waals surface area contributed by atoms with Crippen LogP contribution in [0.4, 0.5) is 11.4 Å². The molecule has 0 fully saturated rings. The summed E-state index contributed by atoms with van der Waals surface area (Å²) in [6, 6.07) is 13.9. The fraction of sp³-hybridized carbons (Fsp3) is 0.0714. The molecule has 20 heavy (non-hydrogen) atoms. The van der Waals surface area contributed by atoms with E-state index in [2.05, 4.69) is 21.2 Å². The summed E-state index contributed by atoms with van der Waals surface area (Å²) in [4.78, 5) is 10.4. The van der Waals surface area contributed by atoms with Crippen LogP contribution in [0.15, 0.2) is 46.9 Å². The van der Waals surface area contributed by atoms with Gasteiger partial charge in [-0.25, -0.2) is 0 Å². The minimum atomic E-state index is -0.421. The number of nitriles is 1. The highest BCUT2D eigenvalue weighted by Crippen LogP contribution is 2.22. The van der Waals surface area contributed by atoms with Gasteiger partial charge in [-0.2, -0.15) is 5.26 Å². The quantitative estimate of drug-likeness (QED) is 0.681. The second-order valence-corrected chi connectivity index (χ2v) is 5.03. The summed E-state index contributed by atoms with van der Waals surface area (Å²) in [5.41, 5.74) is 2.30. The fourth-order valence-electron chi connectivity index (χ4n) is 1.71. The molecule has 5 nitrogen and oxygen atoms in total. The molecule has 2 aromatic carbocycles. The topological polar surface area (TPSA) is 79.0 Å². The van der Waals surface area contributed by atoms with E-state index in [4.69, 9.17) is 5.26 Å². The van der Waals surface area contributed by atoms with Crippen molar-refractivity contribution in [1.82, 2.24) is 0 Å². The van der Waals surface area contributed by atoms with Gasteiger partial charge >= 0.3 is 0 Å². The van der Waals surface area contributed by atoms with Crippen LogP contribution in [-0.4, -0.2) is 4.92 Å². The van der Waals surface area contributed by atoms with Crippen molar-refractivity contribution in [2.24, 2.45) is 0 Å². The standard InChI is InChI=1S/C14H10BrN3O2/c15-12-5-11(6-14(7-12)18(19)20)9-17-13-3-1-10(8-16)2-4-13/h1-7,17H,9H2. The number of non-ortho nitro benzene ring substituents is 1. The van der Waals surface area contributed by atoms with Gasteiger partial charge in [0, 0.05) is 28.8 Å². The third-order valence-electron chi connectivity index (χ3n) is 2.66. The zero-order valence-electron chi connectivity index (χ0n) is 10.3. The van der Waals surface area contributed by atoms with Gasteiger partial charge in [0.15, 0.2) is 0 Å². The first kappa shape index (κ1) is 14.0. The Bertz CT molecular complexity index is 678. The van der Waals surface area contributed by atoms with Crippen LogP contribution in [0.2, 0.25) is 0 Å². The van der Waals surface area contributed by atoms with Crippen LogP contribution in [-0.2, 0) is 6.54 Å². The number of benzene rings is 2. The van der Waals surface area contributed by atoms with Gasteiger partial charge in [-0.15, -0.1) is 0 Å². The summed E-state index contributed by atoms with van der Waals surface area (Å²) in [7, 11) is 0. The molecule has 2 rings (SSSR count). The van der Waals surface area contributed by atoms with Crippen molar-refractivity contribution in [1.29, 1.82) is 5.26 Å². The molecule has 0 aromatic heterocycles. The van der Waals surface area contributed by atoms with Crippen LogP contribution in [0, 0.1) is 21.4 Å². The van der Waals surface area contributed by atoms with E-state index < -0.39 is 4.92 Å². The normalized spacial score (nSPS) is 9.80. The molecule has 0 aliphatic heterocycles. The molecule has 2 aromatic rings. The number of halogens is 1. The Balaban J connectivity index is 2.10. The largest absolute Gasteiger partial charge is 0.381 e. The van der Waals surface area contributed by atoms with Crippen LogP contribution in [0.3, 0.4) is 0 Å². The van der Waals surface area contributed by atoms with E-state index in [-0.39, 0.29) is 5.69 Å². The lowest BCUT2D eigenvalue weighted by molar-refractivity contribution is -0.385. The van der Waals surface area contributed by atoms with Crippen LogP contribution < -0.4 is 5.32 Å². The summed E-state index contributed by atoms with van der Waals surface area (Å²) in [6.07, 6.45) is 0. The molecule has 0 amide bonds. The smallest absolute Gasteiger partial charge is 0.270 e. The molecule has 0 atom stereocenters. The summed E-state index contributed by atoms with van der Waals surface area (Å²) < 4.78 is 0.670. The maximum Gasteiger partial charge on any atom is 0.270 e. The van der Waals surface area contributed by atoms with Gasteiger partial charge in [-0.3, -0.25) is 10.1 Å². The van der Waals surface area contributed by atoms with Crippen molar-refractivity contribution >= 4 is 27.3 Å². The number of anilines is 1. The highest BCUT2D eigenvalue weighted by Gasteiger charge is 2.08. The molecular formula is C14H10BrN3O2. The molecular weight excluding hydrogens is 322 g/mol. The average Bonchev–Trinajstić information content (AvgIpc) is 2.45. The monoisotopic (exact) mass is 331 g/mol. The van der Waals surface area contributed by atoms with Crippen molar-refractivity contribution in [3.05, 3.63) is 68.2 Å². The second-order valence-electron chi connectivity index (χ2n) is 4.12. The molecule has 0 spiro atoms. The zero-order chi connectivity index (χ0) is 14.5. The summed E-state index contributed by atoms with van der Waals surface area (Å²) in [5.74, 6) is 0. The van der Waals surface area contributed by atoms with E-state index in [0.29, 0.717) is 16.6 Å². The van der Waals surface area contributed by atoms with Crippen molar-refractivity contribution in [2.75, 3.05) is 5.32 Å². The number of nitrogens with zero attached hydrogens (tertiary/aromatic N) is 2. The van der Waals surface area contributed by atoms with Gasteiger partial charge < -0.3 is 5.32 Å². The number of hydrogen-bond acceptors (Lipinski definition) is 4. The molecule has 0 heterocycles. The lowest BCUT2D eigenvalue weighted by Gasteiger charge is -2.07. The van der Waals surface area contributed by atoms with E-state index in [9.17, 15) is 10.1 Å². The van der Waals surface area contributed by atoms with Gasteiger partial charge in [0.2, 0.25) is 0 Å². The molecule has 0 aliphatic rings. The molecule has 0 aliphatic carbocycles.